The summed E-state index contributed by atoms with van der Waals surface area (Å²) in [7, 11) is 2.03. The smallest absolute Gasteiger partial charge is 0.147 e. The first-order valence-electron chi connectivity index (χ1n) is 6.14. The maximum atomic E-state index is 4.61. The average Bonchev–Trinajstić information content (AvgIpc) is 2.82. The Labute approximate surface area is 126 Å². The van der Waals surface area contributed by atoms with Gasteiger partial charge in [-0.2, -0.15) is 0 Å². The van der Waals surface area contributed by atoms with E-state index in [-0.39, 0.29) is 0 Å². The lowest BCUT2D eigenvalue weighted by Gasteiger charge is -2.17. The Morgan fingerprint density at radius 3 is 2.95 bits per heavy atom. The van der Waals surface area contributed by atoms with Crippen molar-refractivity contribution in [2.75, 3.05) is 18.5 Å². The van der Waals surface area contributed by atoms with Crippen LogP contribution in [0.1, 0.15) is 18.2 Å². The van der Waals surface area contributed by atoms with Crippen molar-refractivity contribution >= 4 is 33.1 Å². The monoisotopic (exact) mass is 340 g/mol. The summed E-state index contributed by atoms with van der Waals surface area (Å²) in [6.45, 7) is 4.61. The van der Waals surface area contributed by atoms with Crippen LogP contribution in [0.2, 0.25) is 0 Å². The van der Waals surface area contributed by atoms with Gasteiger partial charge < -0.3 is 10.2 Å². The third-order valence-corrected chi connectivity index (χ3v) is 4.21. The topological polar surface area (TPSA) is 41.1 Å². The predicted octanol–water partition coefficient (Wildman–Crippen LogP) is 3.05. The summed E-state index contributed by atoms with van der Waals surface area (Å²) in [5, 5.41) is 5.41. The van der Waals surface area contributed by atoms with Gasteiger partial charge in [0.15, 0.2) is 0 Å². The lowest BCUT2D eigenvalue weighted by atomic mass is 10.3. The molecule has 0 aliphatic carbocycles. The third-order valence-electron chi connectivity index (χ3n) is 2.66. The van der Waals surface area contributed by atoms with Crippen LogP contribution in [0.25, 0.3) is 0 Å². The zero-order valence-corrected chi connectivity index (χ0v) is 13.5. The molecule has 0 unspecified atom stereocenters. The molecule has 2 heterocycles. The standard InChI is InChI=1S/C13H17BrN4S/c1-3-15-5-11-6-16-7-13(17-11)18(2)8-10-4-12(14)19-9-10/h4,6-7,9,15H,3,5,8H2,1-2H3. The van der Waals surface area contributed by atoms with E-state index >= 15 is 0 Å². The molecule has 0 fully saturated rings. The van der Waals surface area contributed by atoms with E-state index in [0.717, 1.165) is 34.9 Å². The van der Waals surface area contributed by atoms with E-state index in [1.807, 2.05) is 7.05 Å². The highest BCUT2D eigenvalue weighted by Crippen LogP contribution is 2.22. The molecule has 4 nitrogen and oxygen atoms in total. The molecule has 0 radical (unpaired) electrons. The first kappa shape index (κ1) is 14.4. The van der Waals surface area contributed by atoms with Crippen LogP contribution >= 0.6 is 27.3 Å². The van der Waals surface area contributed by atoms with E-state index in [1.54, 1.807) is 23.7 Å². The number of nitrogens with zero attached hydrogens (tertiary/aromatic N) is 3. The Balaban J connectivity index is 2.03. The maximum absolute atomic E-state index is 4.61. The largest absolute Gasteiger partial charge is 0.354 e. The normalized spacial score (nSPS) is 10.7. The fraction of sp³-hybridized carbons (Fsp3) is 0.385. The molecule has 2 aromatic rings. The summed E-state index contributed by atoms with van der Waals surface area (Å²) in [6.07, 6.45) is 3.61. The maximum Gasteiger partial charge on any atom is 0.147 e. The molecule has 0 spiro atoms. The van der Waals surface area contributed by atoms with Gasteiger partial charge in [0.25, 0.3) is 0 Å². The fourth-order valence-corrected chi connectivity index (χ4v) is 2.90. The molecule has 0 atom stereocenters. The van der Waals surface area contributed by atoms with Gasteiger partial charge in [-0.1, -0.05) is 6.92 Å². The van der Waals surface area contributed by atoms with Gasteiger partial charge in [-0.15, -0.1) is 11.3 Å². The summed E-state index contributed by atoms with van der Waals surface area (Å²) in [5.41, 5.74) is 2.25. The molecule has 2 rings (SSSR count). The highest BCUT2D eigenvalue weighted by Gasteiger charge is 2.06. The lowest BCUT2D eigenvalue weighted by Crippen LogP contribution is -2.19. The van der Waals surface area contributed by atoms with Gasteiger partial charge in [0.05, 0.1) is 15.7 Å². The van der Waals surface area contributed by atoms with E-state index < -0.39 is 0 Å². The molecule has 0 aliphatic rings. The number of aromatic nitrogens is 2. The van der Waals surface area contributed by atoms with E-state index in [4.69, 9.17) is 0 Å². The first-order chi connectivity index (χ1) is 9.19. The second-order valence-corrected chi connectivity index (χ2v) is 6.55. The van der Waals surface area contributed by atoms with Crippen molar-refractivity contribution in [3.05, 3.63) is 38.9 Å². The zero-order chi connectivity index (χ0) is 13.7. The Morgan fingerprint density at radius 1 is 1.42 bits per heavy atom. The molecule has 0 amide bonds. The fourth-order valence-electron chi connectivity index (χ4n) is 1.70. The minimum Gasteiger partial charge on any atom is -0.354 e. The van der Waals surface area contributed by atoms with E-state index in [9.17, 15) is 0 Å². The first-order valence-corrected chi connectivity index (χ1v) is 7.82. The minimum absolute atomic E-state index is 0.759. The molecule has 2 aromatic heterocycles. The van der Waals surface area contributed by atoms with Crippen molar-refractivity contribution < 1.29 is 0 Å². The molecule has 1 N–H and O–H groups in total. The molecule has 102 valence electrons. The van der Waals surface area contributed by atoms with E-state index in [1.165, 1.54) is 5.56 Å². The molecule has 0 bridgehead atoms. The van der Waals surface area contributed by atoms with Crippen molar-refractivity contribution in [3.63, 3.8) is 0 Å². The number of rotatable bonds is 6. The summed E-state index contributed by atoms with van der Waals surface area (Å²) < 4.78 is 1.16. The Morgan fingerprint density at radius 2 is 2.26 bits per heavy atom. The van der Waals surface area contributed by atoms with Gasteiger partial charge >= 0.3 is 0 Å². The molecule has 6 heteroatoms. The van der Waals surface area contributed by atoms with Crippen molar-refractivity contribution in [3.8, 4) is 0 Å². The van der Waals surface area contributed by atoms with Crippen LogP contribution in [0.4, 0.5) is 5.82 Å². The predicted molar refractivity (Wildman–Crippen MR) is 83.5 cm³/mol. The number of anilines is 1. The Kier molecular flexibility index (Phi) is 5.30. The summed E-state index contributed by atoms with van der Waals surface area (Å²) >= 11 is 5.18. The summed E-state index contributed by atoms with van der Waals surface area (Å²) in [6, 6.07) is 2.14. The zero-order valence-electron chi connectivity index (χ0n) is 11.1. The quantitative estimate of drug-likeness (QED) is 0.877. The van der Waals surface area contributed by atoms with Crippen LogP contribution in [0.5, 0.6) is 0 Å². The van der Waals surface area contributed by atoms with Gasteiger partial charge in [-0.25, -0.2) is 4.98 Å². The van der Waals surface area contributed by atoms with Gasteiger partial charge in [-0.05, 0) is 39.5 Å². The van der Waals surface area contributed by atoms with Crippen LogP contribution < -0.4 is 10.2 Å². The highest BCUT2D eigenvalue weighted by molar-refractivity contribution is 9.11. The second kappa shape index (κ2) is 6.98. The van der Waals surface area contributed by atoms with Crippen LogP contribution in [0, 0.1) is 0 Å². The van der Waals surface area contributed by atoms with Gasteiger partial charge in [-0.3, -0.25) is 4.98 Å². The molecule has 0 aromatic carbocycles. The molecule has 0 saturated heterocycles. The number of thiophene rings is 1. The SMILES string of the molecule is CCNCc1cncc(N(C)Cc2csc(Br)c2)n1. The molecular formula is C13H17BrN4S. The van der Waals surface area contributed by atoms with Gasteiger partial charge in [0.2, 0.25) is 0 Å². The van der Waals surface area contributed by atoms with Crippen molar-refractivity contribution in [1.82, 2.24) is 15.3 Å². The minimum atomic E-state index is 0.759. The van der Waals surface area contributed by atoms with Crippen LogP contribution in [-0.2, 0) is 13.1 Å². The van der Waals surface area contributed by atoms with E-state index in [0.29, 0.717) is 0 Å². The number of hydrogen-bond acceptors (Lipinski definition) is 5. The Bertz CT molecular complexity index is 529. The van der Waals surface area contributed by atoms with Gasteiger partial charge in [0, 0.05) is 26.3 Å². The van der Waals surface area contributed by atoms with Crippen molar-refractivity contribution in [1.29, 1.82) is 0 Å². The highest BCUT2D eigenvalue weighted by atomic mass is 79.9. The molecule has 0 saturated carbocycles. The average molecular weight is 341 g/mol. The summed E-state index contributed by atoms with van der Waals surface area (Å²) in [5.74, 6) is 0.901. The van der Waals surface area contributed by atoms with Crippen molar-refractivity contribution in [2.24, 2.45) is 0 Å². The molecular weight excluding hydrogens is 324 g/mol. The van der Waals surface area contributed by atoms with E-state index in [2.05, 4.69) is 54.5 Å². The Hall–Kier alpha value is -0.980. The third kappa shape index (κ3) is 4.26. The number of hydrogen-bond donors (Lipinski definition) is 1. The summed E-state index contributed by atoms with van der Waals surface area (Å²) in [4.78, 5) is 11.0. The molecule has 0 aliphatic heterocycles. The van der Waals surface area contributed by atoms with Crippen molar-refractivity contribution in [2.45, 2.75) is 20.0 Å². The van der Waals surface area contributed by atoms with Crippen LogP contribution in [0.3, 0.4) is 0 Å². The molecule has 19 heavy (non-hydrogen) atoms. The van der Waals surface area contributed by atoms with Crippen LogP contribution in [-0.4, -0.2) is 23.6 Å². The number of halogens is 1. The van der Waals surface area contributed by atoms with Gasteiger partial charge in [0.1, 0.15) is 5.82 Å². The second-order valence-electron chi connectivity index (χ2n) is 4.26. The van der Waals surface area contributed by atoms with Crippen LogP contribution in [0.15, 0.2) is 27.6 Å². The lowest BCUT2D eigenvalue weighted by molar-refractivity contribution is 0.704. The number of nitrogens with one attached hydrogen (secondary N) is 1.